The number of benzene rings is 1. The van der Waals surface area contributed by atoms with Crippen molar-refractivity contribution in [3.05, 3.63) is 23.8 Å². The molecule has 0 amide bonds. The van der Waals surface area contributed by atoms with Crippen LogP contribution in [0.15, 0.2) is 18.2 Å². The first-order valence-electron chi connectivity index (χ1n) is 10.2. The lowest BCUT2D eigenvalue weighted by molar-refractivity contribution is -0.139. The molecule has 1 aromatic rings. The van der Waals surface area contributed by atoms with Gasteiger partial charge in [-0.25, -0.2) is 4.79 Å². The van der Waals surface area contributed by atoms with Gasteiger partial charge in [0, 0.05) is 25.7 Å². The predicted molar refractivity (Wildman–Crippen MR) is 113 cm³/mol. The number of rotatable bonds is 10. The molecular formula is C22H31NO9. The summed E-state index contributed by atoms with van der Waals surface area (Å²) < 4.78 is 20.5. The minimum Gasteiger partial charge on any atom is -0.480 e. The van der Waals surface area contributed by atoms with Crippen LogP contribution in [-0.4, -0.2) is 47.9 Å². The molecular weight excluding hydrogens is 422 g/mol. The van der Waals surface area contributed by atoms with Gasteiger partial charge in [-0.2, -0.15) is 0 Å². The van der Waals surface area contributed by atoms with Crippen LogP contribution in [0, 0.1) is 11.8 Å². The van der Waals surface area contributed by atoms with Crippen LogP contribution in [0.3, 0.4) is 0 Å². The van der Waals surface area contributed by atoms with Gasteiger partial charge in [-0.1, -0.05) is 26.8 Å². The highest BCUT2D eigenvalue weighted by molar-refractivity contribution is 5.76. The Morgan fingerprint density at radius 3 is 2.03 bits per heavy atom. The van der Waals surface area contributed by atoms with E-state index < -0.39 is 48.0 Å². The number of ether oxygens (including phenoxy) is 4. The molecule has 10 nitrogen and oxygen atoms in total. The van der Waals surface area contributed by atoms with E-state index in [0.717, 1.165) is 0 Å². The van der Waals surface area contributed by atoms with Crippen LogP contribution < -0.4 is 15.2 Å². The molecule has 0 heterocycles. The summed E-state index contributed by atoms with van der Waals surface area (Å²) in [5, 5.41) is 9.55. The Morgan fingerprint density at radius 1 is 0.969 bits per heavy atom. The molecule has 0 saturated heterocycles. The number of hydrogen-bond acceptors (Lipinski definition) is 9. The summed E-state index contributed by atoms with van der Waals surface area (Å²) in [5.74, 6) is -3.92. The summed E-state index contributed by atoms with van der Waals surface area (Å²) in [5.41, 5.74) is 6.36. The zero-order valence-corrected chi connectivity index (χ0v) is 19.1. The molecule has 178 valence electrons. The van der Waals surface area contributed by atoms with Gasteiger partial charge in [-0.3, -0.25) is 14.4 Å². The second-order valence-corrected chi connectivity index (χ2v) is 7.92. The van der Waals surface area contributed by atoms with Crippen LogP contribution in [0.25, 0.3) is 0 Å². The third-order valence-corrected chi connectivity index (χ3v) is 4.66. The summed E-state index contributed by atoms with van der Waals surface area (Å²) in [7, 11) is 0. The maximum absolute atomic E-state index is 11.9. The number of carboxylic acids is 1. The fourth-order valence-corrected chi connectivity index (χ4v) is 3.02. The van der Waals surface area contributed by atoms with Gasteiger partial charge >= 0.3 is 24.1 Å². The lowest BCUT2D eigenvalue weighted by atomic mass is 9.79. The minimum absolute atomic E-state index is 0.00619. The van der Waals surface area contributed by atoms with Crippen molar-refractivity contribution in [1.82, 2.24) is 0 Å². The van der Waals surface area contributed by atoms with Crippen molar-refractivity contribution in [3.8, 4) is 11.5 Å². The molecule has 0 radical (unpaired) electrons. The Morgan fingerprint density at radius 2 is 1.53 bits per heavy atom. The molecule has 1 rings (SSSR count). The third-order valence-electron chi connectivity index (χ3n) is 4.66. The van der Waals surface area contributed by atoms with Crippen LogP contribution >= 0.6 is 0 Å². The van der Waals surface area contributed by atoms with E-state index in [-0.39, 0.29) is 24.0 Å². The average Bonchev–Trinajstić information content (AvgIpc) is 2.67. The lowest BCUT2D eigenvalue weighted by Gasteiger charge is -2.31. The first kappa shape index (κ1) is 26.9. The quantitative estimate of drug-likeness (QED) is 0.399. The smallest absolute Gasteiger partial charge is 0.480 e. The van der Waals surface area contributed by atoms with Gasteiger partial charge in [0.15, 0.2) is 11.5 Å². The van der Waals surface area contributed by atoms with Crippen LogP contribution in [0.5, 0.6) is 11.5 Å². The number of carbonyl (C=O) groups is 4. The van der Waals surface area contributed by atoms with E-state index in [9.17, 15) is 24.3 Å². The molecule has 1 aromatic carbocycles. The number of nitrogens with two attached hydrogens (primary N) is 1. The normalized spacial score (nSPS) is 14.6. The van der Waals surface area contributed by atoms with E-state index in [2.05, 4.69) is 0 Å². The van der Waals surface area contributed by atoms with Gasteiger partial charge in [-0.05, 0) is 30.5 Å². The van der Waals surface area contributed by atoms with Crippen molar-refractivity contribution in [1.29, 1.82) is 0 Å². The van der Waals surface area contributed by atoms with Crippen LogP contribution in [-0.2, 0) is 23.9 Å². The van der Waals surface area contributed by atoms with Gasteiger partial charge in [-0.15, -0.1) is 0 Å². The van der Waals surface area contributed by atoms with Crippen molar-refractivity contribution in [2.24, 2.45) is 17.6 Å². The SMILES string of the molecule is CC(=O)Oc1ccc(C(C(C)C(C)OC(=O)OCC(C)C)[C@H](N)C(=O)O)cc1OC(C)=O. The molecule has 0 aliphatic heterocycles. The van der Waals surface area contributed by atoms with Crippen LogP contribution in [0.4, 0.5) is 4.79 Å². The molecule has 0 fully saturated rings. The molecule has 0 saturated carbocycles. The van der Waals surface area contributed by atoms with Gasteiger partial charge in [0.2, 0.25) is 0 Å². The minimum atomic E-state index is -1.37. The van der Waals surface area contributed by atoms with Crippen molar-refractivity contribution in [2.45, 2.75) is 59.6 Å². The van der Waals surface area contributed by atoms with E-state index in [1.807, 2.05) is 13.8 Å². The molecule has 0 aliphatic rings. The van der Waals surface area contributed by atoms with E-state index in [1.165, 1.54) is 32.0 Å². The van der Waals surface area contributed by atoms with Crippen LogP contribution in [0.1, 0.15) is 53.0 Å². The molecule has 0 aliphatic carbocycles. The van der Waals surface area contributed by atoms with Crippen LogP contribution in [0.2, 0.25) is 0 Å². The highest BCUT2D eigenvalue weighted by Gasteiger charge is 2.36. The van der Waals surface area contributed by atoms with Gasteiger partial charge < -0.3 is 29.8 Å². The van der Waals surface area contributed by atoms with Crippen molar-refractivity contribution in [3.63, 3.8) is 0 Å². The third kappa shape index (κ3) is 8.18. The fourth-order valence-electron chi connectivity index (χ4n) is 3.02. The maximum Gasteiger partial charge on any atom is 0.508 e. The van der Waals surface area contributed by atoms with E-state index >= 15 is 0 Å². The standard InChI is InChI=1S/C22H31NO9/c1-11(2)10-29-22(28)30-13(4)12(3)19(20(23)21(26)27)16-7-8-17(31-14(5)24)18(9-16)32-15(6)25/h7-9,11-13,19-20H,10,23H2,1-6H3,(H,26,27)/t12?,13?,19?,20-/m0/s1. The predicted octanol–water partition coefficient (Wildman–Crippen LogP) is 2.87. The second kappa shape index (κ2) is 12.0. The fraction of sp³-hybridized carbons (Fsp3) is 0.545. The van der Waals surface area contributed by atoms with E-state index in [4.69, 9.17) is 24.7 Å². The lowest BCUT2D eigenvalue weighted by Crippen LogP contribution is -2.42. The summed E-state index contributed by atoms with van der Waals surface area (Å²) in [6, 6.07) is 2.91. The highest BCUT2D eigenvalue weighted by atomic mass is 16.7. The Kier molecular flexibility index (Phi) is 10.1. The largest absolute Gasteiger partial charge is 0.508 e. The van der Waals surface area contributed by atoms with Crippen molar-refractivity contribution in [2.75, 3.05) is 6.61 Å². The number of hydrogen-bond donors (Lipinski definition) is 2. The van der Waals surface area contributed by atoms with E-state index in [0.29, 0.717) is 5.56 Å². The Labute approximate surface area is 187 Å². The van der Waals surface area contributed by atoms with Gasteiger partial charge in [0.25, 0.3) is 0 Å². The highest BCUT2D eigenvalue weighted by Crippen LogP contribution is 2.37. The topological polar surface area (TPSA) is 151 Å². The molecule has 3 unspecified atom stereocenters. The first-order chi connectivity index (χ1) is 14.8. The molecule has 0 aromatic heterocycles. The molecule has 10 heteroatoms. The zero-order chi connectivity index (χ0) is 24.6. The van der Waals surface area contributed by atoms with Gasteiger partial charge in [0.1, 0.15) is 12.1 Å². The summed E-state index contributed by atoms with van der Waals surface area (Å²) in [6.45, 7) is 9.58. The molecule has 0 bridgehead atoms. The number of carbonyl (C=O) groups excluding carboxylic acids is 3. The van der Waals surface area contributed by atoms with Crippen molar-refractivity contribution >= 4 is 24.1 Å². The maximum atomic E-state index is 11.9. The number of aliphatic carboxylic acids is 1. The number of carboxylic acid groups (broad SMARTS) is 1. The Balaban J connectivity index is 3.27. The monoisotopic (exact) mass is 453 g/mol. The first-order valence-corrected chi connectivity index (χ1v) is 10.2. The van der Waals surface area contributed by atoms with E-state index in [1.54, 1.807) is 13.8 Å². The molecule has 3 N–H and O–H groups in total. The Bertz CT molecular complexity index is 837. The Hall–Kier alpha value is -3.14. The number of esters is 2. The molecule has 32 heavy (non-hydrogen) atoms. The summed E-state index contributed by atoms with van der Waals surface area (Å²) in [6.07, 6.45) is -1.62. The molecule has 0 spiro atoms. The molecule has 4 atom stereocenters. The summed E-state index contributed by atoms with van der Waals surface area (Å²) >= 11 is 0. The zero-order valence-electron chi connectivity index (χ0n) is 19.1. The van der Waals surface area contributed by atoms with Crippen molar-refractivity contribution < 1.29 is 43.2 Å². The average molecular weight is 453 g/mol. The summed E-state index contributed by atoms with van der Waals surface area (Å²) in [4.78, 5) is 46.5. The second-order valence-electron chi connectivity index (χ2n) is 7.92. The van der Waals surface area contributed by atoms with Gasteiger partial charge in [0.05, 0.1) is 6.61 Å².